The summed E-state index contributed by atoms with van der Waals surface area (Å²) in [6.07, 6.45) is 12.4. The van der Waals surface area contributed by atoms with Crippen LogP contribution in [0.4, 0.5) is 0 Å². The van der Waals surface area contributed by atoms with Gasteiger partial charge >= 0.3 is 0 Å². The molecule has 0 fully saturated rings. The van der Waals surface area contributed by atoms with Crippen LogP contribution in [0.2, 0.25) is 0 Å². The van der Waals surface area contributed by atoms with Crippen molar-refractivity contribution in [2.24, 2.45) is 0 Å². The van der Waals surface area contributed by atoms with Gasteiger partial charge in [0.15, 0.2) is 0 Å². The quantitative estimate of drug-likeness (QED) is 0.453. The number of aryl methyl sites for hydroxylation is 1. The zero-order valence-electron chi connectivity index (χ0n) is 12.5. The molecule has 1 heterocycles. The van der Waals surface area contributed by atoms with Gasteiger partial charge in [0.25, 0.3) is 0 Å². The number of rotatable bonds is 9. The van der Waals surface area contributed by atoms with Gasteiger partial charge in [0.1, 0.15) is 6.29 Å². The molecule has 2 rings (SSSR count). The summed E-state index contributed by atoms with van der Waals surface area (Å²) in [4.78, 5) is 10.9. The van der Waals surface area contributed by atoms with Crippen LogP contribution in [0.25, 0.3) is 10.9 Å². The first-order valence-corrected chi connectivity index (χ1v) is 7.89. The highest BCUT2D eigenvalue weighted by atomic mass is 16.1. The molecule has 0 aliphatic heterocycles. The second-order valence-electron chi connectivity index (χ2n) is 5.57. The molecule has 0 saturated heterocycles. The van der Waals surface area contributed by atoms with Gasteiger partial charge in [0.05, 0.1) is 0 Å². The average Bonchev–Trinajstić information content (AvgIpc) is 2.88. The molecule has 0 saturated carbocycles. The van der Waals surface area contributed by atoms with Crippen molar-refractivity contribution in [3.05, 3.63) is 36.0 Å². The molecular weight excluding hydrogens is 246 g/mol. The Hall–Kier alpha value is -1.57. The van der Waals surface area contributed by atoms with Gasteiger partial charge in [-0.2, -0.15) is 0 Å². The predicted octanol–water partition coefficient (Wildman–Crippen LogP) is 5.20. The number of aromatic nitrogens is 1. The maximum Gasteiger partial charge on any atom is 0.150 e. The van der Waals surface area contributed by atoms with E-state index in [1.54, 1.807) is 0 Å². The normalized spacial score (nSPS) is 11.1. The lowest BCUT2D eigenvalue weighted by molar-refractivity contribution is 0.112. The Morgan fingerprint density at radius 1 is 1.00 bits per heavy atom. The first-order chi connectivity index (χ1) is 9.85. The zero-order valence-corrected chi connectivity index (χ0v) is 12.5. The van der Waals surface area contributed by atoms with Crippen molar-refractivity contribution in [3.8, 4) is 0 Å². The van der Waals surface area contributed by atoms with Gasteiger partial charge in [-0.05, 0) is 23.9 Å². The van der Waals surface area contributed by atoms with E-state index in [1.165, 1.54) is 55.8 Å². The minimum atomic E-state index is 0.761. The third-order valence-electron chi connectivity index (χ3n) is 3.94. The van der Waals surface area contributed by atoms with Crippen LogP contribution in [0, 0.1) is 0 Å². The standard InChI is InChI=1S/C18H25NO/c1-2-3-4-5-6-7-8-12-19-13-11-17-10-9-16(15-20)14-18(17)19/h9-11,13-15H,2-8,12H2,1H3. The summed E-state index contributed by atoms with van der Waals surface area (Å²) in [6.45, 7) is 3.31. The van der Waals surface area contributed by atoms with E-state index in [-0.39, 0.29) is 0 Å². The molecule has 108 valence electrons. The molecule has 0 radical (unpaired) electrons. The van der Waals surface area contributed by atoms with Gasteiger partial charge in [-0.15, -0.1) is 0 Å². The molecule has 0 unspecified atom stereocenters. The molecule has 0 aliphatic rings. The largest absolute Gasteiger partial charge is 0.347 e. The van der Waals surface area contributed by atoms with Gasteiger partial charge in [0.2, 0.25) is 0 Å². The molecule has 0 bridgehead atoms. The highest BCUT2D eigenvalue weighted by Crippen LogP contribution is 2.18. The van der Waals surface area contributed by atoms with Crippen molar-refractivity contribution in [1.29, 1.82) is 0 Å². The maximum absolute atomic E-state index is 10.9. The molecule has 0 aliphatic carbocycles. The molecule has 2 aromatic rings. The molecule has 0 N–H and O–H groups in total. The van der Waals surface area contributed by atoms with E-state index in [9.17, 15) is 4.79 Å². The monoisotopic (exact) mass is 271 g/mol. The highest BCUT2D eigenvalue weighted by Gasteiger charge is 2.02. The topological polar surface area (TPSA) is 22.0 Å². The second kappa shape index (κ2) is 7.88. The van der Waals surface area contributed by atoms with Crippen LogP contribution in [0.5, 0.6) is 0 Å². The Balaban J connectivity index is 1.82. The Morgan fingerprint density at radius 3 is 2.50 bits per heavy atom. The molecule has 20 heavy (non-hydrogen) atoms. The SMILES string of the molecule is CCCCCCCCCn1ccc2ccc(C=O)cc21. The first-order valence-electron chi connectivity index (χ1n) is 7.89. The van der Waals surface area contributed by atoms with Crippen molar-refractivity contribution >= 4 is 17.2 Å². The number of aldehydes is 1. The van der Waals surface area contributed by atoms with Gasteiger partial charge in [-0.1, -0.05) is 57.6 Å². The molecule has 0 amide bonds. The summed E-state index contributed by atoms with van der Waals surface area (Å²) >= 11 is 0. The molecule has 1 aromatic heterocycles. The minimum absolute atomic E-state index is 0.761. The van der Waals surface area contributed by atoms with Crippen LogP contribution in [0.1, 0.15) is 62.2 Å². The van der Waals surface area contributed by atoms with Gasteiger partial charge in [-0.25, -0.2) is 0 Å². The maximum atomic E-state index is 10.9. The van der Waals surface area contributed by atoms with E-state index in [2.05, 4.69) is 23.8 Å². The molecule has 1 aromatic carbocycles. The number of hydrogen-bond acceptors (Lipinski definition) is 1. The van der Waals surface area contributed by atoms with Crippen molar-refractivity contribution in [1.82, 2.24) is 4.57 Å². The summed E-state index contributed by atoms with van der Waals surface area (Å²) in [7, 11) is 0. The summed E-state index contributed by atoms with van der Waals surface area (Å²) in [5.41, 5.74) is 1.94. The van der Waals surface area contributed by atoms with Crippen molar-refractivity contribution in [2.75, 3.05) is 0 Å². The molecule has 0 atom stereocenters. The van der Waals surface area contributed by atoms with Crippen LogP contribution in [0.3, 0.4) is 0 Å². The Bertz CT molecular complexity index is 541. The number of unbranched alkanes of at least 4 members (excludes halogenated alkanes) is 6. The second-order valence-corrected chi connectivity index (χ2v) is 5.57. The average molecular weight is 271 g/mol. The van der Waals surface area contributed by atoms with Gasteiger partial charge < -0.3 is 4.57 Å². The fourth-order valence-electron chi connectivity index (χ4n) is 2.71. The molecular formula is C18H25NO. The number of hydrogen-bond donors (Lipinski definition) is 0. The summed E-state index contributed by atoms with van der Waals surface area (Å²) in [6, 6.07) is 8.03. The van der Waals surface area contributed by atoms with E-state index < -0.39 is 0 Å². The third kappa shape index (κ3) is 3.96. The smallest absolute Gasteiger partial charge is 0.150 e. The Labute approximate surface area is 121 Å². The minimum Gasteiger partial charge on any atom is -0.347 e. The van der Waals surface area contributed by atoms with Gasteiger partial charge in [-0.3, -0.25) is 4.79 Å². The van der Waals surface area contributed by atoms with Crippen molar-refractivity contribution < 1.29 is 4.79 Å². The summed E-state index contributed by atoms with van der Waals surface area (Å²) in [5.74, 6) is 0. The third-order valence-corrected chi connectivity index (χ3v) is 3.94. The number of fused-ring (bicyclic) bond motifs is 1. The summed E-state index contributed by atoms with van der Waals surface area (Å²) < 4.78 is 2.27. The lowest BCUT2D eigenvalue weighted by Gasteiger charge is -2.06. The fraction of sp³-hybridized carbons (Fsp3) is 0.500. The highest BCUT2D eigenvalue weighted by molar-refractivity contribution is 5.87. The molecule has 2 heteroatoms. The zero-order chi connectivity index (χ0) is 14.2. The lowest BCUT2D eigenvalue weighted by atomic mass is 10.1. The fourth-order valence-corrected chi connectivity index (χ4v) is 2.71. The van der Waals surface area contributed by atoms with Crippen LogP contribution in [-0.4, -0.2) is 10.9 Å². The van der Waals surface area contributed by atoms with Gasteiger partial charge in [0, 0.05) is 23.8 Å². The van der Waals surface area contributed by atoms with E-state index in [0.717, 1.165) is 18.4 Å². The number of carbonyl (C=O) groups excluding carboxylic acids is 1. The molecule has 0 spiro atoms. The predicted molar refractivity (Wildman–Crippen MR) is 85.3 cm³/mol. The van der Waals surface area contributed by atoms with E-state index in [1.807, 2.05) is 18.2 Å². The van der Waals surface area contributed by atoms with Crippen LogP contribution < -0.4 is 0 Å². The first kappa shape index (κ1) is 14.8. The summed E-state index contributed by atoms with van der Waals surface area (Å²) in [5, 5.41) is 1.22. The lowest BCUT2D eigenvalue weighted by Crippen LogP contribution is -1.96. The van der Waals surface area contributed by atoms with E-state index >= 15 is 0 Å². The van der Waals surface area contributed by atoms with E-state index in [4.69, 9.17) is 0 Å². The van der Waals surface area contributed by atoms with Crippen molar-refractivity contribution in [3.63, 3.8) is 0 Å². The van der Waals surface area contributed by atoms with Crippen LogP contribution in [-0.2, 0) is 6.54 Å². The Kier molecular flexibility index (Phi) is 5.85. The number of carbonyl (C=O) groups is 1. The van der Waals surface area contributed by atoms with Crippen molar-refractivity contribution in [2.45, 2.75) is 58.4 Å². The van der Waals surface area contributed by atoms with Crippen LogP contribution in [0.15, 0.2) is 30.5 Å². The Morgan fingerprint density at radius 2 is 1.75 bits per heavy atom. The molecule has 2 nitrogen and oxygen atoms in total. The van der Waals surface area contributed by atoms with E-state index in [0.29, 0.717) is 0 Å². The number of nitrogens with zero attached hydrogens (tertiary/aromatic N) is 1. The number of benzene rings is 1. The van der Waals surface area contributed by atoms with Crippen LogP contribution >= 0.6 is 0 Å².